The fourth-order valence-corrected chi connectivity index (χ4v) is 1.45. The van der Waals surface area contributed by atoms with Crippen LogP contribution in [0, 0.1) is 11.3 Å². The van der Waals surface area contributed by atoms with Crippen molar-refractivity contribution in [2.75, 3.05) is 0 Å². The number of nitrogens with zero attached hydrogens (tertiary/aromatic N) is 3. The Hall–Kier alpha value is -1.53. The number of hydrogen-bond donors (Lipinski definition) is 0. The van der Waals surface area contributed by atoms with Crippen LogP contribution in [0.5, 0.6) is 0 Å². The minimum Gasteiger partial charge on any atom is -0.302 e. The lowest BCUT2D eigenvalue weighted by Crippen LogP contribution is -1.90. The molecular formula is C9H6ClN3. The van der Waals surface area contributed by atoms with E-state index in [1.54, 1.807) is 12.3 Å². The van der Waals surface area contributed by atoms with E-state index in [1.807, 2.05) is 16.7 Å². The van der Waals surface area contributed by atoms with Crippen LogP contribution in [-0.2, 0) is 6.42 Å². The first kappa shape index (κ1) is 8.09. The van der Waals surface area contributed by atoms with E-state index < -0.39 is 0 Å². The van der Waals surface area contributed by atoms with Crippen LogP contribution >= 0.6 is 11.6 Å². The number of nitriles is 1. The molecule has 0 spiro atoms. The van der Waals surface area contributed by atoms with Crippen LogP contribution < -0.4 is 0 Å². The summed E-state index contributed by atoms with van der Waals surface area (Å²) in [5.41, 5.74) is 1.56. The van der Waals surface area contributed by atoms with E-state index in [2.05, 4.69) is 11.1 Å². The smallest absolute Gasteiger partial charge is 0.155 e. The standard InChI is InChI=1S/C9H6ClN3/c10-8-2-1-5-13-7(3-4-11)6-12-9(8)13/h1-2,5-6H,3H2. The molecule has 0 aliphatic heterocycles. The average molecular weight is 192 g/mol. The molecule has 4 heteroatoms. The third kappa shape index (κ3) is 1.25. The van der Waals surface area contributed by atoms with Crippen molar-refractivity contribution in [2.24, 2.45) is 0 Å². The maximum atomic E-state index is 8.54. The summed E-state index contributed by atoms with van der Waals surface area (Å²) in [6.45, 7) is 0. The third-order valence-electron chi connectivity index (χ3n) is 1.82. The van der Waals surface area contributed by atoms with E-state index in [1.165, 1.54) is 0 Å². The number of rotatable bonds is 1. The summed E-state index contributed by atoms with van der Waals surface area (Å²) in [7, 11) is 0. The average Bonchev–Trinajstić information content (AvgIpc) is 2.51. The van der Waals surface area contributed by atoms with Crippen LogP contribution in [0.1, 0.15) is 5.69 Å². The first-order valence-corrected chi connectivity index (χ1v) is 4.18. The monoisotopic (exact) mass is 191 g/mol. The van der Waals surface area contributed by atoms with E-state index in [-0.39, 0.29) is 0 Å². The summed E-state index contributed by atoms with van der Waals surface area (Å²) in [6, 6.07) is 5.69. The van der Waals surface area contributed by atoms with Gasteiger partial charge in [0.1, 0.15) is 0 Å². The molecule has 3 nitrogen and oxygen atoms in total. The van der Waals surface area contributed by atoms with Crippen LogP contribution in [0.2, 0.25) is 5.02 Å². The van der Waals surface area contributed by atoms with E-state index in [9.17, 15) is 0 Å². The number of fused-ring (bicyclic) bond motifs is 1. The third-order valence-corrected chi connectivity index (χ3v) is 2.12. The SMILES string of the molecule is N#CCc1cnc2c(Cl)cccn12. The molecule has 2 aromatic heterocycles. The van der Waals surface area contributed by atoms with Crippen molar-refractivity contribution >= 4 is 17.2 Å². The minimum atomic E-state index is 0.349. The first-order chi connectivity index (χ1) is 6.33. The molecule has 64 valence electrons. The van der Waals surface area contributed by atoms with Crippen molar-refractivity contribution in [3.63, 3.8) is 0 Å². The van der Waals surface area contributed by atoms with Crippen LogP contribution in [0.4, 0.5) is 0 Å². The Morgan fingerprint density at radius 1 is 1.62 bits per heavy atom. The molecule has 0 fully saturated rings. The first-order valence-electron chi connectivity index (χ1n) is 3.80. The summed E-state index contributed by atoms with van der Waals surface area (Å²) in [5.74, 6) is 0. The fourth-order valence-electron chi connectivity index (χ4n) is 1.24. The van der Waals surface area contributed by atoms with Gasteiger partial charge in [-0.15, -0.1) is 0 Å². The molecule has 0 radical (unpaired) electrons. The molecule has 0 unspecified atom stereocenters. The highest BCUT2D eigenvalue weighted by Crippen LogP contribution is 2.16. The fraction of sp³-hybridized carbons (Fsp3) is 0.111. The van der Waals surface area contributed by atoms with E-state index in [0.29, 0.717) is 17.1 Å². The number of hydrogen-bond acceptors (Lipinski definition) is 2. The second kappa shape index (κ2) is 3.08. The zero-order chi connectivity index (χ0) is 9.26. The Morgan fingerprint density at radius 3 is 3.23 bits per heavy atom. The van der Waals surface area contributed by atoms with E-state index in [4.69, 9.17) is 16.9 Å². The summed E-state index contributed by atoms with van der Waals surface area (Å²) in [4.78, 5) is 4.12. The largest absolute Gasteiger partial charge is 0.302 e. The summed E-state index contributed by atoms with van der Waals surface area (Å²) in [5, 5.41) is 9.15. The Morgan fingerprint density at radius 2 is 2.46 bits per heavy atom. The zero-order valence-electron chi connectivity index (χ0n) is 6.74. The molecule has 0 saturated heterocycles. The Labute approximate surface area is 80.2 Å². The normalized spacial score (nSPS) is 10.2. The molecule has 0 N–H and O–H groups in total. The van der Waals surface area contributed by atoms with Crippen LogP contribution in [0.15, 0.2) is 24.5 Å². The molecule has 0 aliphatic rings. The maximum absolute atomic E-state index is 8.54. The van der Waals surface area contributed by atoms with Gasteiger partial charge in [0.25, 0.3) is 0 Å². The Bertz CT molecular complexity index is 481. The van der Waals surface area contributed by atoms with E-state index >= 15 is 0 Å². The molecule has 0 aromatic carbocycles. The van der Waals surface area contributed by atoms with Crippen molar-refractivity contribution in [3.05, 3.63) is 35.2 Å². The van der Waals surface area contributed by atoms with Gasteiger partial charge in [0, 0.05) is 6.20 Å². The van der Waals surface area contributed by atoms with Gasteiger partial charge >= 0.3 is 0 Å². The molecule has 0 amide bonds. The predicted molar refractivity (Wildman–Crippen MR) is 49.5 cm³/mol. The molecule has 2 rings (SSSR count). The number of aromatic nitrogens is 2. The molecule has 0 aliphatic carbocycles. The van der Waals surface area contributed by atoms with Gasteiger partial charge < -0.3 is 4.40 Å². The van der Waals surface area contributed by atoms with Crippen molar-refractivity contribution in [2.45, 2.75) is 6.42 Å². The summed E-state index contributed by atoms with van der Waals surface area (Å²) in [6.07, 6.45) is 3.87. The molecular weight excluding hydrogens is 186 g/mol. The van der Waals surface area contributed by atoms with Gasteiger partial charge in [0.05, 0.1) is 29.4 Å². The lowest BCUT2D eigenvalue weighted by molar-refractivity contribution is 1.05. The van der Waals surface area contributed by atoms with Crippen molar-refractivity contribution in [1.29, 1.82) is 5.26 Å². The number of pyridine rings is 1. The topological polar surface area (TPSA) is 41.1 Å². The van der Waals surface area contributed by atoms with Crippen LogP contribution in [-0.4, -0.2) is 9.38 Å². The highest BCUT2D eigenvalue weighted by Gasteiger charge is 2.04. The quantitative estimate of drug-likeness (QED) is 0.692. The van der Waals surface area contributed by atoms with Gasteiger partial charge in [-0.05, 0) is 12.1 Å². The van der Waals surface area contributed by atoms with Gasteiger partial charge in [-0.1, -0.05) is 11.6 Å². The predicted octanol–water partition coefficient (Wildman–Crippen LogP) is 2.05. The van der Waals surface area contributed by atoms with Crippen molar-refractivity contribution in [3.8, 4) is 6.07 Å². The molecule has 0 atom stereocenters. The van der Waals surface area contributed by atoms with Gasteiger partial charge in [-0.2, -0.15) is 5.26 Å². The van der Waals surface area contributed by atoms with Gasteiger partial charge in [0.15, 0.2) is 5.65 Å². The van der Waals surface area contributed by atoms with Gasteiger partial charge in [-0.25, -0.2) is 4.98 Å². The number of imidazole rings is 1. The molecule has 0 saturated carbocycles. The van der Waals surface area contributed by atoms with E-state index in [0.717, 1.165) is 5.69 Å². The van der Waals surface area contributed by atoms with Gasteiger partial charge in [-0.3, -0.25) is 0 Å². The van der Waals surface area contributed by atoms with Crippen LogP contribution in [0.3, 0.4) is 0 Å². The molecule has 0 bridgehead atoms. The maximum Gasteiger partial charge on any atom is 0.155 e. The second-order valence-corrected chi connectivity index (χ2v) is 3.04. The highest BCUT2D eigenvalue weighted by molar-refractivity contribution is 6.33. The molecule has 2 aromatic rings. The summed E-state index contributed by atoms with van der Waals surface area (Å²) < 4.78 is 1.82. The van der Waals surface area contributed by atoms with Crippen molar-refractivity contribution in [1.82, 2.24) is 9.38 Å². The number of halogens is 1. The second-order valence-electron chi connectivity index (χ2n) is 2.63. The Balaban J connectivity index is 2.70. The summed E-state index contributed by atoms with van der Waals surface area (Å²) >= 11 is 5.90. The zero-order valence-corrected chi connectivity index (χ0v) is 7.49. The molecule has 2 heterocycles. The lowest BCUT2D eigenvalue weighted by Gasteiger charge is -1.97. The van der Waals surface area contributed by atoms with Gasteiger partial charge in [0.2, 0.25) is 0 Å². The minimum absolute atomic E-state index is 0.349. The van der Waals surface area contributed by atoms with Crippen molar-refractivity contribution < 1.29 is 0 Å². The Kier molecular flexibility index (Phi) is 1.91. The molecule has 13 heavy (non-hydrogen) atoms. The lowest BCUT2D eigenvalue weighted by atomic mass is 10.3. The van der Waals surface area contributed by atoms with Crippen LogP contribution in [0.25, 0.3) is 5.65 Å². The highest BCUT2D eigenvalue weighted by atomic mass is 35.5.